The second-order valence-corrected chi connectivity index (χ2v) is 9.54. The van der Waals surface area contributed by atoms with Crippen LogP contribution < -0.4 is 10.6 Å². The standard InChI is InChI=1S/C21H18N4O8S2/c1-12-18(20(26)24(22-12)14-3-7-16(8-4-14)34-33-32-28)11-19-13(2)23-25(21(19)27)15-5-9-17(10-6-15)35(29,30)31/h3-11,23,28H,1-2H3,(H,29,30,31). The van der Waals surface area contributed by atoms with Crippen LogP contribution in [0.1, 0.15) is 18.2 Å². The first-order valence-corrected chi connectivity index (χ1v) is 12.0. The van der Waals surface area contributed by atoms with Gasteiger partial charge in [-0.05, 0) is 68.5 Å². The molecule has 12 nitrogen and oxygen atoms in total. The van der Waals surface area contributed by atoms with E-state index in [1.807, 2.05) is 0 Å². The second-order valence-electron chi connectivity index (χ2n) is 7.34. The maximum atomic E-state index is 13.1. The van der Waals surface area contributed by atoms with E-state index < -0.39 is 21.6 Å². The van der Waals surface area contributed by atoms with E-state index >= 15 is 0 Å². The summed E-state index contributed by atoms with van der Waals surface area (Å²) in [5.41, 5.74) is 1.72. The van der Waals surface area contributed by atoms with Crippen molar-refractivity contribution in [3.63, 3.8) is 0 Å². The molecule has 0 atom stereocenters. The predicted molar refractivity (Wildman–Crippen MR) is 127 cm³/mol. The van der Waals surface area contributed by atoms with Crippen molar-refractivity contribution in [3.8, 4) is 5.69 Å². The monoisotopic (exact) mass is 518 g/mol. The highest BCUT2D eigenvalue weighted by Crippen LogP contribution is 2.28. The molecular weight excluding hydrogens is 500 g/mol. The van der Waals surface area contributed by atoms with E-state index in [0.717, 1.165) is 12.0 Å². The lowest BCUT2D eigenvalue weighted by atomic mass is 10.1. The van der Waals surface area contributed by atoms with Gasteiger partial charge in [-0.1, -0.05) is 5.04 Å². The summed E-state index contributed by atoms with van der Waals surface area (Å²) in [6.45, 7) is 3.31. The molecule has 3 N–H and O–H groups in total. The molecule has 1 amide bonds. The van der Waals surface area contributed by atoms with Gasteiger partial charge < -0.3 is 0 Å². The molecule has 4 rings (SSSR count). The molecule has 0 aliphatic carbocycles. The zero-order chi connectivity index (χ0) is 25.3. The first kappa shape index (κ1) is 24.6. The molecule has 0 saturated carbocycles. The normalized spacial score (nSPS) is 15.2. The van der Waals surface area contributed by atoms with Crippen LogP contribution in [0.3, 0.4) is 0 Å². The van der Waals surface area contributed by atoms with E-state index in [2.05, 4.69) is 19.6 Å². The van der Waals surface area contributed by atoms with Crippen molar-refractivity contribution in [1.29, 1.82) is 0 Å². The third-order valence-electron chi connectivity index (χ3n) is 5.10. The molecule has 2 heterocycles. The summed E-state index contributed by atoms with van der Waals surface area (Å²) in [6.07, 6.45) is 1.45. The summed E-state index contributed by atoms with van der Waals surface area (Å²) < 4.78 is 37.2. The van der Waals surface area contributed by atoms with Gasteiger partial charge in [-0.25, -0.2) is 9.94 Å². The van der Waals surface area contributed by atoms with Gasteiger partial charge in [-0.3, -0.25) is 19.2 Å². The van der Waals surface area contributed by atoms with E-state index in [-0.39, 0.29) is 16.0 Å². The molecule has 182 valence electrons. The quantitative estimate of drug-likeness (QED) is 0.140. The Morgan fingerprint density at radius 1 is 1.03 bits per heavy atom. The molecule has 0 spiro atoms. The van der Waals surface area contributed by atoms with Gasteiger partial charge in [0.05, 0.1) is 45.2 Å². The number of benzene rings is 2. The predicted octanol–water partition coefficient (Wildman–Crippen LogP) is 2.96. The molecule has 1 aliphatic heterocycles. The fourth-order valence-electron chi connectivity index (χ4n) is 3.38. The molecule has 0 saturated heterocycles. The van der Waals surface area contributed by atoms with Crippen molar-refractivity contribution in [3.05, 3.63) is 75.7 Å². The van der Waals surface area contributed by atoms with Crippen molar-refractivity contribution in [2.24, 2.45) is 5.10 Å². The Balaban J connectivity index is 1.63. The number of aromatic amines is 1. The average Bonchev–Trinajstić information content (AvgIpc) is 3.27. The number of hydrazone groups is 1. The highest BCUT2D eigenvalue weighted by atomic mass is 32.2. The van der Waals surface area contributed by atoms with Crippen molar-refractivity contribution in [2.75, 3.05) is 5.01 Å². The Labute approximate surface area is 202 Å². The lowest BCUT2D eigenvalue weighted by molar-refractivity contribution is -0.432. The SMILES string of the molecule is CC1=NN(c2ccc(SOOO)cc2)C(=O)C1=Cc1c(C)[nH]n(-c2ccc(S(=O)(=O)O)cc2)c1=O. The third-order valence-corrected chi connectivity index (χ3v) is 6.56. The summed E-state index contributed by atoms with van der Waals surface area (Å²) in [4.78, 5) is 26.4. The number of hydrogen-bond acceptors (Lipinski definition) is 9. The summed E-state index contributed by atoms with van der Waals surface area (Å²) in [5, 5.41) is 20.2. The van der Waals surface area contributed by atoms with E-state index in [4.69, 9.17) is 9.81 Å². The number of rotatable bonds is 7. The van der Waals surface area contributed by atoms with Crippen LogP contribution in [0.25, 0.3) is 11.8 Å². The highest BCUT2D eigenvalue weighted by molar-refractivity contribution is 7.94. The molecule has 2 aromatic carbocycles. The molecule has 1 aliphatic rings. The summed E-state index contributed by atoms with van der Waals surface area (Å²) in [7, 11) is -4.36. The molecule has 1 aromatic heterocycles. The maximum Gasteiger partial charge on any atom is 0.294 e. The van der Waals surface area contributed by atoms with Crippen molar-refractivity contribution in [1.82, 2.24) is 9.78 Å². The van der Waals surface area contributed by atoms with Crippen LogP contribution in [0.4, 0.5) is 5.69 Å². The molecule has 0 radical (unpaired) electrons. The Morgan fingerprint density at radius 2 is 1.66 bits per heavy atom. The van der Waals surface area contributed by atoms with E-state index in [9.17, 15) is 18.0 Å². The Morgan fingerprint density at radius 3 is 2.26 bits per heavy atom. The largest absolute Gasteiger partial charge is 0.295 e. The molecule has 0 unspecified atom stereocenters. The van der Waals surface area contributed by atoms with Gasteiger partial charge in [-0.2, -0.15) is 18.5 Å². The number of anilines is 1. The maximum absolute atomic E-state index is 13.1. The van der Waals surface area contributed by atoms with Gasteiger partial charge >= 0.3 is 0 Å². The molecule has 14 heteroatoms. The molecule has 3 aromatic rings. The number of carbonyl (C=O) groups excluding carboxylic acids is 1. The first-order chi connectivity index (χ1) is 16.6. The van der Waals surface area contributed by atoms with Crippen LogP contribution in [0.5, 0.6) is 0 Å². The molecule has 0 bridgehead atoms. The van der Waals surface area contributed by atoms with Gasteiger partial charge in [0.2, 0.25) is 0 Å². The number of nitrogens with one attached hydrogen (secondary N) is 1. The number of aromatic nitrogens is 2. The zero-order valence-electron chi connectivity index (χ0n) is 18.2. The number of amides is 1. The summed E-state index contributed by atoms with van der Waals surface area (Å²) in [5.74, 6) is -0.429. The second kappa shape index (κ2) is 9.61. The van der Waals surface area contributed by atoms with Crippen LogP contribution in [0.2, 0.25) is 0 Å². The number of nitrogens with zero attached hydrogens (tertiary/aromatic N) is 3. The lowest BCUT2D eigenvalue weighted by Gasteiger charge is -2.11. The minimum absolute atomic E-state index is 0.230. The first-order valence-electron chi connectivity index (χ1n) is 9.86. The van der Waals surface area contributed by atoms with Gasteiger partial charge in [0.25, 0.3) is 21.6 Å². The smallest absolute Gasteiger partial charge is 0.294 e. The van der Waals surface area contributed by atoms with Crippen LogP contribution in [-0.2, 0) is 24.3 Å². The van der Waals surface area contributed by atoms with Crippen LogP contribution in [0, 0.1) is 6.92 Å². The Kier molecular flexibility index (Phi) is 6.75. The van der Waals surface area contributed by atoms with E-state index in [1.54, 1.807) is 38.1 Å². The fourth-order valence-corrected chi connectivity index (χ4v) is 4.22. The highest BCUT2D eigenvalue weighted by Gasteiger charge is 2.29. The Bertz CT molecular complexity index is 1500. The Hall–Kier alpha value is -3.53. The van der Waals surface area contributed by atoms with E-state index in [0.29, 0.717) is 27.7 Å². The number of H-pyrrole nitrogens is 1. The topological polar surface area (TPSA) is 164 Å². The van der Waals surface area contributed by atoms with Gasteiger partial charge in [0.1, 0.15) is 0 Å². The van der Waals surface area contributed by atoms with Crippen LogP contribution in [-0.4, -0.2) is 39.6 Å². The zero-order valence-corrected chi connectivity index (χ0v) is 19.8. The van der Waals surface area contributed by atoms with E-state index in [1.165, 1.54) is 40.0 Å². The number of aryl methyl sites for hydroxylation is 1. The summed E-state index contributed by atoms with van der Waals surface area (Å²) in [6, 6.07) is 11.6. The average molecular weight is 519 g/mol. The molecule has 0 fully saturated rings. The van der Waals surface area contributed by atoms with Gasteiger partial charge in [0, 0.05) is 10.6 Å². The van der Waals surface area contributed by atoms with Crippen LogP contribution >= 0.6 is 12.0 Å². The lowest BCUT2D eigenvalue weighted by Crippen LogP contribution is -2.22. The molecule has 35 heavy (non-hydrogen) atoms. The minimum atomic E-state index is -4.36. The number of carbonyl (C=O) groups is 1. The third kappa shape index (κ3) is 4.97. The fraction of sp³-hybridized carbons (Fsp3) is 0.0952. The van der Waals surface area contributed by atoms with Crippen LogP contribution in [0.15, 0.2) is 73.8 Å². The minimum Gasteiger partial charge on any atom is -0.295 e. The van der Waals surface area contributed by atoms with Crippen molar-refractivity contribution < 1.29 is 32.4 Å². The summed E-state index contributed by atoms with van der Waals surface area (Å²) >= 11 is 0.775. The van der Waals surface area contributed by atoms with Crippen molar-refractivity contribution >= 4 is 45.5 Å². The van der Waals surface area contributed by atoms with Crippen molar-refractivity contribution in [2.45, 2.75) is 23.6 Å². The number of hydrogen-bond donors (Lipinski definition) is 3. The van der Waals surface area contributed by atoms with Gasteiger partial charge in [-0.15, -0.1) is 4.33 Å². The molecular formula is C21H18N4O8S2. The van der Waals surface area contributed by atoms with Gasteiger partial charge in [0.15, 0.2) is 0 Å².